The molecule has 1 aliphatic carbocycles. The third-order valence-electron chi connectivity index (χ3n) is 3.75. The van der Waals surface area contributed by atoms with Crippen LogP contribution in [0.15, 0.2) is 23.1 Å². The molecule has 1 aliphatic rings. The lowest BCUT2D eigenvalue weighted by Gasteiger charge is -2.12. The Morgan fingerprint density at radius 2 is 2.15 bits per heavy atom. The zero-order chi connectivity index (χ0) is 15.1. The number of hydrogen-bond acceptors (Lipinski definition) is 3. The summed E-state index contributed by atoms with van der Waals surface area (Å²) in [7, 11) is -3.82. The van der Waals surface area contributed by atoms with Gasteiger partial charge in [0, 0.05) is 6.54 Å². The highest BCUT2D eigenvalue weighted by Crippen LogP contribution is 2.51. The van der Waals surface area contributed by atoms with E-state index in [1.54, 1.807) is 0 Å². The summed E-state index contributed by atoms with van der Waals surface area (Å²) in [6, 6.07) is 3.77. The van der Waals surface area contributed by atoms with E-state index in [1.165, 1.54) is 12.1 Å². The minimum atomic E-state index is -3.82. The molecule has 1 aromatic carbocycles. The first-order valence-electron chi connectivity index (χ1n) is 6.23. The third kappa shape index (κ3) is 2.99. The van der Waals surface area contributed by atoms with Gasteiger partial charge >= 0.3 is 0 Å². The van der Waals surface area contributed by atoms with Crippen LogP contribution < -0.4 is 10.5 Å². The van der Waals surface area contributed by atoms with E-state index < -0.39 is 15.8 Å². The molecule has 0 amide bonds. The fourth-order valence-electron chi connectivity index (χ4n) is 2.18. The van der Waals surface area contributed by atoms with E-state index in [0.29, 0.717) is 12.5 Å². The molecule has 0 saturated heterocycles. The van der Waals surface area contributed by atoms with Crippen LogP contribution in [0.25, 0.3) is 0 Å². The molecule has 3 N–H and O–H groups in total. The van der Waals surface area contributed by atoms with E-state index in [0.717, 1.165) is 12.5 Å². The minimum absolute atomic E-state index is 0.163. The van der Waals surface area contributed by atoms with Crippen LogP contribution in [0.1, 0.15) is 25.8 Å². The number of benzene rings is 1. The SMILES string of the molecule is CC1(C)CC1CNS(=O)(=O)c1cccc(F)c1C(N)=S. The smallest absolute Gasteiger partial charge is 0.241 e. The van der Waals surface area contributed by atoms with E-state index >= 15 is 0 Å². The Balaban J connectivity index is 2.26. The van der Waals surface area contributed by atoms with Crippen molar-refractivity contribution < 1.29 is 12.8 Å². The maximum absolute atomic E-state index is 13.7. The Labute approximate surface area is 123 Å². The quantitative estimate of drug-likeness (QED) is 0.812. The van der Waals surface area contributed by atoms with E-state index in [4.69, 9.17) is 18.0 Å². The van der Waals surface area contributed by atoms with Gasteiger partial charge in [0.2, 0.25) is 10.0 Å². The zero-order valence-electron chi connectivity index (χ0n) is 11.3. The summed E-state index contributed by atoms with van der Waals surface area (Å²) in [6.07, 6.45) is 0.973. The monoisotopic (exact) mass is 316 g/mol. The molecule has 0 spiro atoms. The van der Waals surface area contributed by atoms with E-state index in [-0.39, 0.29) is 20.9 Å². The van der Waals surface area contributed by atoms with Gasteiger partial charge in [-0.05, 0) is 29.9 Å². The average molecular weight is 316 g/mol. The summed E-state index contributed by atoms with van der Waals surface area (Å²) in [4.78, 5) is -0.473. The summed E-state index contributed by atoms with van der Waals surface area (Å²) in [5, 5.41) is 0. The Bertz CT molecular complexity index is 656. The molecule has 1 atom stereocenters. The van der Waals surface area contributed by atoms with E-state index in [2.05, 4.69) is 18.6 Å². The van der Waals surface area contributed by atoms with Gasteiger partial charge in [-0.25, -0.2) is 17.5 Å². The molecule has 0 heterocycles. The Kier molecular flexibility index (Phi) is 3.88. The summed E-state index contributed by atoms with van der Waals surface area (Å²) >= 11 is 4.74. The standard InChI is InChI=1S/C13H17FN2O2S2/c1-13(2)6-8(13)7-16-20(17,18)10-5-3-4-9(14)11(10)12(15)19/h3-5,8,16H,6-7H2,1-2H3,(H2,15,19). The van der Waals surface area contributed by atoms with Gasteiger partial charge in [0.1, 0.15) is 10.8 Å². The van der Waals surface area contributed by atoms with Gasteiger partial charge in [0.05, 0.1) is 10.5 Å². The summed E-state index contributed by atoms with van der Waals surface area (Å²) in [5.41, 5.74) is 5.35. The number of halogens is 1. The number of rotatable bonds is 5. The molecule has 0 aromatic heterocycles. The highest BCUT2D eigenvalue weighted by atomic mass is 32.2. The predicted molar refractivity (Wildman–Crippen MR) is 79.4 cm³/mol. The molecule has 1 unspecified atom stereocenters. The molecule has 0 aliphatic heterocycles. The fraction of sp³-hybridized carbons (Fsp3) is 0.462. The van der Waals surface area contributed by atoms with Crippen molar-refractivity contribution in [1.29, 1.82) is 0 Å². The van der Waals surface area contributed by atoms with Crippen LogP contribution in [0.2, 0.25) is 0 Å². The van der Waals surface area contributed by atoms with Crippen molar-refractivity contribution in [3.05, 3.63) is 29.6 Å². The van der Waals surface area contributed by atoms with Gasteiger partial charge in [-0.1, -0.05) is 32.1 Å². The number of hydrogen-bond donors (Lipinski definition) is 2. The predicted octanol–water partition coefficient (Wildman–Crippen LogP) is 1.78. The van der Waals surface area contributed by atoms with Gasteiger partial charge in [0.25, 0.3) is 0 Å². The molecule has 2 rings (SSSR count). The highest BCUT2D eigenvalue weighted by molar-refractivity contribution is 7.89. The third-order valence-corrected chi connectivity index (χ3v) is 5.42. The van der Waals surface area contributed by atoms with Gasteiger partial charge in [-0.2, -0.15) is 0 Å². The summed E-state index contributed by atoms with van der Waals surface area (Å²) in [5.74, 6) is -0.425. The molecule has 0 bridgehead atoms. The van der Waals surface area contributed by atoms with Crippen LogP contribution in [0, 0.1) is 17.2 Å². The second-order valence-electron chi connectivity index (χ2n) is 5.72. The molecule has 7 heteroatoms. The number of nitrogens with one attached hydrogen (secondary N) is 1. The first-order valence-corrected chi connectivity index (χ1v) is 8.12. The lowest BCUT2D eigenvalue weighted by molar-refractivity contribution is 0.536. The van der Waals surface area contributed by atoms with Crippen LogP contribution in [-0.2, 0) is 10.0 Å². The van der Waals surface area contributed by atoms with E-state index in [9.17, 15) is 12.8 Å². The van der Waals surface area contributed by atoms with Gasteiger partial charge in [-0.15, -0.1) is 0 Å². The van der Waals surface area contributed by atoms with Gasteiger partial charge in [-0.3, -0.25) is 0 Å². The van der Waals surface area contributed by atoms with E-state index in [1.807, 2.05) is 0 Å². The van der Waals surface area contributed by atoms with Crippen molar-refractivity contribution in [3.63, 3.8) is 0 Å². The van der Waals surface area contributed by atoms with Crippen molar-refractivity contribution in [2.45, 2.75) is 25.2 Å². The topological polar surface area (TPSA) is 72.2 Å². The second kappa shape index (κ2) is 5.05. The number of thiocarbonyl (C=S) groups is 1. The molecule has 20 heavy (non-hydrogen) atoms. The second-order valence-corrected chi connectivity index (χ2v) is 7.89. The molecule has 0 radical (unpaired) electrons. The highest BCUT2D eigenvalue weighted by Gasteiger charge is 2.45. The van der Waals surface area contributed by atoms with Gasteiger partial charge in [0.15, 0.2) is 0 Å². The van der Waals surface area contributed by atoms with Crippen LogP contribution >= 0.6 is 12.2 Å². The van der Waals surface area contributed by atoms with Crippen LogP contribution in [0.3, 0.4) is 0 Å². The average Bonchev–Trinajstić information content (AvgIpc) is 2.94. The van der Waals surface area contributed by atoms with Crippen molar-refractivity contribution in [1.82, 2.24) is 4.72 Å². The Morgan fingerprint density at radius 3 is 2.65 bits per heavy atom. The van der Waals surface area contributed by atoms with Gasteiger partial charge < -0.3 is 5.73 Å². The summed E-state index contributed by atoms with van der Waals surface area (Å²) in [6.45, 7) is 4.49. The number of sulfonamides is 1. The largest absolute Gasteiger partial charge is 0.389 e. The lowest BCUT2D eigenvalue weighted by atomic mass is 10.1. The number of nitrogens with two attached hydrogens (primary N) is 1. The minimum Gasteiger partial charge on any atom is -0.389 e. The summed E-state index contributed by atoms with van der Waals surface area (Å²) < 4.78 is 40.7. The van der Waals surface area contributed by atoms with Crippen molar-refractivity contribution >= 4 is 27.2 Å². The molecular formula is C13H17FN2O2S2. The molecule has 1 fully saturated rings. The van der Waals surface area contributed by atoms with Crippen LogP contribution in [0.5, 0.6) is 0 Å². The first-order chi connectivity index (χ1) is 9.15. The molecular weight excluding hydrogens is 299 g/mol. The molecule has 4 nitrogen and oxygen atoms in total. The fourth-order valence-corrected chi connectivity index (χ4v) is 3.76. The molecule has 1 aromatic rings. The molecule has 1 saturated carbocycles. The van der Waals surface area contributed by atoms with Crippen molar-refractivity contribution in [2.24, 2.45) is 17.1 Å². The normalized spacial score (nSPS) is 20.6. The Morgan fingerprint density at radius 1 is 1.55 bits per heavy atom. The van der Waals surface area contributed by atoms with Crippen molar-refractivity contribution in [2.75, 3.05) is 6.54 Å². The Hall–Kier alpha value is -1.05. The lowest BCUT2D eigenvalue weighted by Crippen LogP contribution is -2.29. The molecule has 110 valence electrons. The maximum Gasteiger partial charge on any atom is 0.241 e. The van der Waals surface area contributed by atoms with Crippen LogP contribution in [-0.4, -0.2) is 20.0 Å². The maximum atomic E-state index is 13.7. The zero-order valence-corrected chi connectivity index (χ0v) is 12.9. The van der Waals surface area contributed by atoms with Crippen molar-refractivity contribution in [3.8, 4) is 0 Å². The van der Waals surface area contributed by atoms with Crippen LogP contribution in [0.4, 0.5) is 4.39 Å². The first kappa shape index (κ1) is 15.3.